The molecular formula is C23H29F. The van der Waals surface area contributed by atoms with Crippen LogP contribution in [0, 0.1) is 23.6 Å². The number of hydrogen-bond donors (Lipinski definition) is 0. The third-order valence-corrected chi connectivity index (χ3v) is 6.72. The Morgan fingerprint density at radius 2 is 1.62 bits per heavy atom. The van der Waals surface area contributed by atoms with Crippen LogP contribution in [0.5, 0.6) is 0 Å². The smallest absolute Gasteiger partial charge is 0.123 e. The first kappa shape index (κ1) is 16.1. The first-order chi connectivity index (χ1) is 11.7. The van der Waals surface area contributed by atoms with E-state index in [1.165, 1.54) is 62.3 Å². The Morgan fingerprint density at radius 1 is 0.875 bits per heavy atom. The lowest BCUT2D eigenvalue weighted by Gasteiger charge is -2.42. The van der Waals surface area contributed by atoms with Crippen molar-refractivity contribution < 1.29 is 4.39 Å². The second kappa shape index (κ2) is 6.86. The van der Waals surface area contributed by atoms with E-state index < -0.39 is 0 Å². The highest BCUT2D eigenvalue weighted by Crippen LogP contribution is 2.48. The van der Waals surface area contributed by atoms with Crippen molar-refractivity contribution in [2.24, 2.45) is 17.8 Å². The molecule has 4 rings (SSSR count). The molecule has 0 radical (unpaired) electrons. The molecule has 0 N–H and O–H groups in total. The van der Waals surface area contributed by atoms with E-state index in [4.69, 9.17) is 0 Å². The van der Waals surface area contributed by atoms with Crippen molar-refractivity contribution in [2.45, 2.75) is 64.2 Å². The summed E-state index contributed by atoms with van der Waals surface area (Å²) in [5.74, 6) is 3.51. The van der Waals surface area contributed by atoms with Crippen LogP contribution >= 0.6 is 0 Å². The van der Waals surface area contributed by atoms with Crippen molar-refractivity contribution >= 4 is 10.8 Å². The predicted octanol–water partition coefficient (Wildman–Crippen LogP) is 7.08. The highest BCUT2D eigenvalue weighted by molar-refractivity contribution is 5.83. The number of benzene rings is 2. The Hall–Kier alpha value is -1.37. The molecule has 2 aromatic carbocycles. The van der Waals surface area contributed by atoms with Gasteiger partial charge in [0.25, 0.3) is 0 Å². The van der Waals surface area contributed by atoms with Crippen LogP contribution in [0.15, 0.2) is 36.4 Å². The zero-order valence-corrected chi connectivity index (χ0v) is 14.8. The van der Waals surface area contributed by atoms with E-state index in [1.54, 1.807) is 12.1 Å². The summed E-state index contributed by atoms with van der Waals surface area (Å²) in [6, 6.07) is 11.8. The van der Waals surface area contributed by atoms with Gasteiger partial charge in [0.2, 0.25) is 0 Å². The van der Waals surface area contributed by atoms with E-state index >= 15 is 0 Å². The van der Waals surface area contributed by atoms with Gasteiger partial charge in [-0.25, -0.2) is 4.39 Å². The van der Waals surface area contributed by atoms with Gasteiger partial charge in [-0.15, -0.1) is 0 Å². The molecule has 0 heterocycles. The van der Waals surface area contributed by atoms with Crippen molar-refractivity contribution in [2.75, 3.05) is 0 Å². The second-order valence-electron chi connectivity index (χ2n) is 8.25. The standard InChI is InChI=1S/C23H29F/c1-2-3-16-4-5-18-13-19(7-6-17(18)12-16)20-8-9-22-15-23(24)11-10-21(22)14-20/h8-11,14-19H,2-7,12-13H2,1H3/t16-,17?,18-,19?/m1/s1. The first-order valence-electron chi connectivity index (χ1n) is 9.92. The van der Waals surface area contributed by atoms with Crippen molar-refractivity contribution in [3.05, 3.63) is 47.8 Å². The molecule has 4 atom stereocenters. The van der Waals surface area contributed by atoms with Crippen LogP contribution in [0.25, 0.3) is 10.8 Å². The number of fused-ring (bicyclic) bond motifs is 2. The fourth-order valence-corrected chi connectivity index (χ4v) is 5.45. The molecule has 2 aliphatic carbocycles. The summed E-state index contributed by atoms with van der Waals surface area (Å²) in [5.41, 5.74) is 1.48. The van der Waals surface area contributed by atoms with Gasteiger partial charge in [-0.3, -0.25) is 0 Å². The fourth-order valence-electron chi connectivity index (χ4n) is 5.45. The minimum absolute atomic E-state index is 0.139. The van der Waals surface area contributed by atoms with Crippen LogP contribution in [0.2, 0.25) is 0 Å². The van der Waals surface area contributed by atoms with Crippen LogP contribution < -0.4 is 0 Å². The highest BCUT2D eigenvalue weighted by atomic mass is 19.1. The molecule has 0 saturated heterocycles. The van der Waals surface area contributed by atoms with E-state index in [0.717, 1.165) is 23.1 Å². The van der Waals surface area contributed by atoms with Gasteiger partial charge in [0.05, 0.1) is 0 Å². The minimum atomic E-state index is -0.139. The molecule has 0 aliphatic heterocycles. The fraction of sp³-hybridized carbons (Fsp3) is 0.565. The average molecular weight is 324 g/mol. The van der Waals surface area contributed by atoms with E-state index in [-0.39, 0.29) is 5.82 Å². The van der Waals surface area contributed by atoms with E-state index in [9.17, 15) is 4.39 Å². The van der Waals surface area contributed by atoms with E-state index in [2.05, 4.69) is 25.1 Å². The maximum absolute atomic E-state index is 13.4. The molecule has 24 heavy (non-hydrogen) atoms. The van der Waals surface area contributed by atoms with Crippen LogP contribution in [0.1, 0.15) is 69.8 Å². The molecule has 2 aromatic rings. The first-order valence-corrected chi connectivity index (χ1v) is 9.92. The van der Waals surface area contributed by atoms with Gasteiger partial charge in [-0.1, -0.05) is 50.5 Å². The number of hydrogen-bond acceptors (Lipinski definition) is 0. The summed E-state index contributed by atoms with van der Waals surface area (Å²) < 4.78 is 13.4. The van der Waals surface area contributed by atoms with Crippen molar-refractivity contribution in [3.63, 3.8) is 0 Å². The molecular weight excluding hydrogens is 295 g/mol. The van der Waals surface area contributed by atoms with Crippen molar-refractivity contribution in [1.29, 1.82) is 0 Å². The number of halogens is 1. The van der Waals surface area contributed by atoms with Gasteiger partial charge in [0.15, 0.2) is 0 Å². The van der Waals surface area contributed by atoms with Gasteiger partial charge in [0, 0.05) is 0 Å². The minimum Gasteiger partial charge on any atom is -0.207 e. The maximum Gasteiger partial charge on any atom is 0.123 e. The van der Waals surface area contributed by atoms with E-state index in [0.29, 0.717) is 5.92 Å². The Labute approximate surface area is 145 Å². The topological polar surface area (TPSA) is 0 Å². The molecule has 2 saturated carbocycles. The molecule has 0 nitrogen and oxygen atoms in total. The third-order valence-electron chi connectivity index (χ3n) is 6.72. The molecule has 2 aliphatic rings. The lowest BCUT2D eigenvalue weighted by atomic mass is 9.63. The zero-order chi connectivity index (χ0) is 16.5. The molecule has 0 amide bonds. The van der Waals surface area contributed by atoms with Crippen LogP contribution in [0.3, 0.4) is 0 Å². The van der Waals surface area contributed by atoms with Crippen LogP contribution in [-0.2, 0) is 0 Å². The number of rotatable bonds is 3. The monoisotopic (exact) mass is 324 g/mol. The van der Waals surface area contributed by atoms with Crippen molar-refractivity contribution in [1.82, 2.24) is 0 Å². The van der Waals surface area contributed by atoms with Gasteiger partial charge >= 0.3 is 0 Å². The molecule has 0 spiro atoms. The maximum atomic E-state index is 13.4. The molecule has 0 bridgehead atoms. The summed E-state index contributed by atoms with van der Waals surface area (Å²) in [6.45, 7) is 2.33. The molecule has 2 unspecified atom stereocenters. The summed E-state index contributed by atoms with van der Waals surface area (Å²) in [5, 5.41) is 2.20. The Kier molecular flexibility index (Phi) is 4.61. The lowest BCUT2D eigenvalue weighted by molar-refractivity contribution is 0.114. The summed E-state index contributed by atoms with van der Waals surface area (Å²) in [4.78, 5) is 0. The quantitative estimate of drug-likeness (QED) is 0.566. The van der Waals surface area contributed by atoms with Crippen LogP contribution in [0.4, 0.5) is 4.39 Å². The highest BCUT2D eigenvalue weighted by Gasteiger charge is 2.35. The van der Waals surface area contributed by atoms with Crippen LogP contribution in [-0.4, -0.2) is 0 Å². The Morgan fingerprint density at radius 3 is 2.50 bits per heavy atom. The van der Waals surface area contributed by atoms with Gasteiger partial charge in [0.1, 0.15) is 5.82 Å². The average Bonchev–Trinajstić information content (AvgIpc) is 2.61. The molecule has 128 valence electrons. The molecule has 2 fully saturated rings. The van der Waals surface area contributed by atoms with Crippen molar-refractivity contribution in [3.8, 4) is 0 Å². The summed E-state index contributed by atoms with van der Waals surface area (Å²) in [7, 11) is 0. The predicted molar refractivity (Wildman–Crippen MR) is 99.7 cm³/mol. The Bertz CT molecular complexity index is 704. The zero-order valence-electron chi connectivity index (χ0n) is 14.8. The SMILES string of the molecule is CCC[C@@H]1CC[C@@H]2CC(c3ccc4cc(F)ccc4c3)CCC2C1. The molecule has 0 aromatic heterocycles. The summed E-state index contributed by atoms with van der Waals surface area (Å²) in [6.07, 6.45) is 11.3. The Balaban J connectivity index is 1.48. The van der Waals surface area contributed by atoms with Gasteiger partial charge < -0.3 is 0 Å². The van der Waals surface area contributed by atoms with E-state index in [1.807, 2.05) is 6.07 Å². The molecule has 1 heteroatoms. The van der Waals surface area contributed by atoms with Gasteiger partial charge in [-0.05, 0) is 84.2 Å². The summed E-state index contributed by atoms with van der Waals surface area (Å²) >= 11 is 0. The normalized spacial score (nSPS) is 30.2. The second-order valence-corrected chi connectivity index (χ2v) is 8.25. The largest absolute Gasteiger partial charge is 0.207 e. The van der Waals surface area contributed by atoms with Gasteiger partial charge in [-0.2, -0.15) is 0 Å². The third kappa shape index (κ3) is 3.23. The lowest BCUT2D eigenvalue weighted by Crippen LogP contribution is -2.30.